The van der Waals surface area contributed by atoms with Crippen LogP contribution in [-0.2, 0) is 26.4 Å². The van der Waals surface area contributed by atoms with Crippen LogP contribution in [0, 0.1) is 10.8 Å². The first-order chi connectivity index (χ1) is 21.1. The molecular weight excluding hydrogens is 606 g/mol. The second-order valence-electron chi connectivity index (χ2n) is 14.1. The van der Waals surface area contributed by atoms with Crippen molar-refractivity contribution >= 4 is 27.3 Å². The summed E-state index contributed by atoms with van der Waals surface area (Å²) in [7, 11) is -3.41. The minimum absolute atomic E-state index is 0.0526. The van der Waals surface area contributed by atoms with Gasteiger partial charge < -0.3 is 4.90 Å². The molecule has 45 heavy (non-hydrogen) atoms. The van der Waals surface area contributed by atoms with E-state index in [9.17, 15) is 30.8 Å². The number of aromatic nitrogens is 1. The van der Waals surface area contributed by atoms with E-state index in [1.165, 1.54) is 12.3 Å². The number of benzene rings is 2. The number of amides is 1. The number of carbonyl (C=O) groups excluding carboxylic acids is 1. The SMILES string of the molecule is CS(=O)(=O)Nc1ccc(-c2cccc(N(CC34CCC(c5cc(C(F)(F)F)ccn5)(CC3)CC4)C(=O)C34CC(F)(C3)C4)c2)cc1. The quantitative estimate of drug-likeness (QED) is 0.256. The van der Waals surface area contributed by atoms with Crippen LogP contribution in [0.5, 0.6) is 0 Å². The van der Waals surface area contributed by atoms with Crippen molar-refractivity contribution < 1.29 is 30.8 Å². The average Bonchev–Trinajstić information content (AvgIpc) is 2.98. The van der Waals surface area contributed by atoms with Crippen LogP contribution in [0.1, 0.15) is 69.0 Å². The second-order valence-corrected chi connectivity index (χ2v) is 15.8. The number of nitrogens with zero attached hydrogens (tertiary/aromatic N) is 2. The number of fused-ring (bicyclic) bond motifs is 3. The number of nitrogens with one attached hydrogen (secondary N) is 1. The molecule has 9 rings (SSSR count). The van der Waals surface area contributed by atoms with Gasteiger partial charge in [0.2, 0.25) is 15.9 Å². The van der Waals surface area contributed by atoms with Gasteiger partial charge in [-0.15, -0.1) is 0 Å². The number of sulfonamides is 1. The molecule has 2 aromatic carbocycles. The Hall–Kier alpha value is -3.47. The van der Waals surface area contributed by atoms with Crippen LogP contribution in [0.2, 0.25) is 0 Å². The summed E-state index contributed by atoms with van der Waals surface area (Å²) in [5.74, 6) is -0.0526. The molecule has 0 unspecified atom stereocenters. The molecule has 1 heterocycles. The van der Waals surface area contributed by atoms with Gasteiger partial charge in [0.15, 0.2) is 0 Å². The van der Waals surface area contributed by atoms with Crippen LogP contribution in [0.15, 0.2) is 66.9 Å². The van der Waals surface area contributed by atoms with Crippen LogP contribution in [0.3, 0.4) is 0 Å². The maximum atomic E-state index is 14.6. The fourth-order valence-electron chi connectivity index (χ4n) is 8.37. The normalized spacial score (nSPS) is 30.2. The Morgan fingerprint density at radius 1 is 0.911 bits per heavy atom. The lowest BCUT2D eigenvalue weighted by Gasteiger charge is -2.65. The van der Waals surface area contributed by atoms with E-state index in [-0.39, 0.29) is 30.6 Å². The third kappa shape index (κ3) is 5.40. The summed E-state index contributed by atoms with van der Waals surface area (Å²) in [5, 5.41) is 0. The fraction of sp³-hybridized carbons (Fsp3) is 0.471. The Labute approximate surface area is 260 Å². The fourth-order valence-corrected chi connectivity index (χ4v) is 8.94. The molecule has 6 nitrogen and oxygen atoms in total. The van der Waals surface area contributed by atoms with Crippen molar-refractivity contribution in [1.82, 2.24) is 4.98 Å². The van der Waals surface area contributed by atoms with Crippen LogP contribution in [0.4, 0.5) is 28.9 Å². The molecule has 4 bridgehead atoms. The molecule has 1 aromatic heterocycles. The minimum atomic E-state index is -4.43. The lowest BCUT2D eigenvalue weighted by atomic mass is 9.41. The van der Waals surface area contributed by atoms with E-state index in [2.05, 4.69) is 9.71 Å². The Morgan fingerprint density at radius 2 is 1.56 bits per heavy atom. The molecule has 11 heteroatoms. The number of halogens is 4. The number of anilines is 2. The summed E-state index contributed by atoms with van der Waals surface area (Å²) in [6.07, 6.45) is 3.09. The van der Waals surface area contributed by atoms with E-state index in [4.69, 9.17) is 0 Å². The molecular formula is C34H35F4N3O3S. The Morgan fingerprint density at radius 3 is 2.13 bits per heavy atom. The molecule has 1 amide bonds. The molecule has 6 aliphatic rings. The molecule has 1 N–H and O–H groups in total. The Balaban J connectivity index is 1.15. The summed E-state index contributed by atoms with van der Waals surface area (Å²) in [6.45, 7) is 0.472. The van der Waals surface area contributed by atoms with E-state index in [1.54, 1.807) is 12.1 Å². The van der Waals surface area contributed by atoms with E-state index in [1.807, 2.05) is 41.3 Å². The third-order valence-electron chi connectivity index (χ3n) is 10.9. The van der Waals surface area contributed by atoms with Crippen molar-refractivity contribution in [3.8, 4) is 11.1 Å². The predicted molar refractivity (Wildman–Crippen MR) is 164 cm³/mol. The number of hydrogen-bond acceptors (Lipinski definition) is 4. The van der Waals surface area contributed by atoms with Gasteiger partial charge in [0, 0.05) is 35.2 Å². The van der Waals surface area contributed by atoms with Gasteiger partial charge in [0.05, 0.1) is 17.2 Å². The summed E-state index contributed by atoms with van der Waals surface area (Å²) in [4.78, 5) is 20.4. The molecule has 0 saturated heterocycles. The van der Waals surface area contributed by atoms with Crippen molar-refractivity contribution in [1.29, 1.82) is 0 Å². The first-order valence-electron chi connectivity index (χ1n) is 15.3. The van der Waals surface area contributed by atoms with E-state index < -0.39 is 38.3 Å². The highest BCUT2D eigenvalue weighted by Gasteiger charge is 2.73. The van der Waals surface area contributed by atoms with Gasteiger partial charge in [-0.2, -0.15) is 13.2 Å². The lowest BCUT2D eigenvalue weighted by molar-refractivity contribution is -0.211. The Bertz CT molecular complexity index is 1730. The topological polar surface area (TPSA) is 79.4 Å². The molecule has 238 valence electrons. The zero-order valence-electron chi connectivity index (χ0n) is 25.0. The molecule has 3 aromatic rings. The molecule has 0 radical (unpaired) electrons. The molecule has 0 atom stereocenters. The van der Waals surface area contributed by atoms with Gasteiger partial charge in [-0.05, 0) is 111 Å². The molecule has 6 aliphatic carbocycles. The van der Waals surface area contributed by atoms with Gasteiger partial charge in [-0.25, -0.2) is 12.8 Å². The van der Waals surface area contributed by atoms with Gasteiger partial charge in [-0.3, -0.25) is 14.5 Å². The molecule has 6 saturated carbocycles. The lowest BCUT2D eigenvalue weighted by Crippen LogP contribution is -2.71. The van der Waals surface area contributed by atoms with Crippen molar-refractivity contribution in [3.05, 3.63) is 78.1 Å². The van der Waals surface area contributed by atoms with Crippen LogP contribution >= 0.6 is 0 Å². The third-order valence-corrected chi connectivity index (χ3v) is 11.5. The standard InChI is InChI=1S/C34H35F4N3O3S/c1-45(43,44)40-26-7-5-23(6-8-26)24-3-2-4-27(17-24)41(29(42)32-19-33(35,20-32)21-32)22-30-10-13-31(14-11-30,15-12-30)28-18-25(9-16-39-28)34(36,37)38/h2-9,16-18,40H,10-15,19-22H2,1H3. The zero-order valence-corrected chi connectivity index (χ0v) is 25.8. The maximum absolute atomic E-state index is 14.6. The number of pyridine rings is 1. The first kappa shape index (κ1) is 30.2. The highest BCUT2D eigenvalue weighted by molar-refractivity contribution is 7.92. The van der Waals surface area contributed by atoms with Crippen molar-refractivity contribution in [2.24, 2.45) is 10.8 Å². The van der Waals surface area contributed by atoms with E-state index in [0.29, 0.717) is 37.2 Å². The highest BCUT2D eigenvalue weighted by atomic mass is 32.2. The molecule has 0 aliphatic heterocycles. The minimum Gasteiger partial charge on any atom is -0.311 e. The smallest absolute Gasteiger partial charge is 0.311 e. The summed E-state index contributed by atoms with van der Waals surface area (Å²) >= 11 is 0. The first-order valence-corrected chi connectivity index (χ1v) is 17.2. The Kier molecular flexibility index (Phi) is 6.72. The van der Waals surface area contributed by atoms with Crippen molar-refractivity contribution in [2.45, 2.75) is 75.0 Å². The van der Waals surface area contributed by atoms with Crippen molar-refractivity contribution in [3.63, 3.8) is 0 Å². The van der Waals surface area contributed by atoms with Crippen LogP contribution < -0.4 is 9.62 Å². The van der Waals surface area contributed by atoms with E-state index >= 15 is 0 Å². The average molecular weight is 642 g/mol. The van der Waals surface area contributed by atoms with Crippen LogP contribution in [0.25, 0.3) is 11.1 Å². The summed E-state index contributed by atoms with van der Waals surface area (Å²) in [5.41, 5.74) is 0.227. The van der Waals surface area contributed by atoms with Crippen molar-refractivity contribution in [2.75, 3.05) is 22.4 Å². The van der Waals surface area contributed by atoms with Gasteiger partial charge in [0.1, 0.15) is 5.67 Å². The largest absolute Gasteiger partial charge is 0.416 e. The number of hydrogen-bond donors (Lipinski definition) is 1. The highest BCUT2D eigenvalue weighted by Crippen LogP contribution is 2.70. The summed E-state index contributed by atoms with van der Waals surface area (Å²) < 4.78 is 80.7. The van der Waals surface area contributed by atoms with E-state index in [0.717, 1.165) is 48.4 Å². The van der Waals surface area contributed by atoms with Gasteiger partial charge in [-0.1, -0.05) is 24.3 Å². The number of alkyl halides is 4. The zero-order chi connectivity index (χ0) is 31.9. The second kappa shape index (κ2) is 10.0. The summed E-state index contributed by atoms with van der Waals surface area (Å²) in [6, 6.07) is 16.9. The maximum Gasteiger partial charge on any atom is 0.416 e. The van der Waals surface area contributed by atoms with Gasteiger partial charge in [0.25, 0.3) is 0 Å². The molecule has 6 fully saturated rings. The monoisotopic (exact) mass is 641 g/mol. The number of rotatable bonds is 8. The number of carbonyl (C=O) groups is 1. The predicted octanol–water partition coefficient (Wildman–Crippen LogP) is 7.66. The molecule has 0 spiro atoms. The van der Waals surface area contributed by atoms with Crippen LogP contribution in [-0.4, -0.2) is 37.8 Å². The van der Waals surface area contributed by atoms with Gasteiger partial charge >= 0.3 is 6.18 Å².